The first-order valence-electron chi connectivity index (χ1n) is 9.83. The Morgan fingerprint density at radius 3 is 2.61 bits per heavy atom. The van der Waals surface area contributed by atoms with Crippen LogP contribution in [0.4, 0.5) is 10.1 Å². The molecule has 3 aromatic rings. The van der Waals surface area contributed by atoms with Crippen LogP contribution in [0.2, 0.25) is 0 Å². The summed E-state index contributed by atoms with van der Waals surface area (Å²) in [5.41, 5.74) is 1.21. The number of halogens is 1. The number of sulfonamides is 1. The molecule has 7 nitrogen and oxygen atoms in total. The SMILES string of the molecule is O=C(Nc1ccc(F)cc1)c1nnc([C@H]2CCCN(S(=O)(=O)Cc3ccccc3)C2)s1. The van der Waals surface area contributed by atoms with E-state index in [1.165, 1.54) is 28.6 Å². The fourth-order valence-corrected chi connectivity index (χ4v) is 5.96. The maximum Gasteiger partial charge on any atom is 0.286 e. The molecule has 0 aliphatic carbocycles. The Kier molecular flexibility index (Phi) is 6.40. The van der Waals surface area contributed by atoms with Gasteiger partial charge in [0.25, 0.3) is 5.91 Å². The van der Waals surface area contributed by atoms with E-state index in [1.807, 2.05) is 18.2 Å². The van der Waals surface area contributed by atoms with Crippen LogP contribution in [0.25, 0.3) is 0 Å². The van der Waals surface area contributed by atoms with Crippen molar-refractivity contribution >= 4 is 33.0 Å². The van der Waals surface area contributed by atoms with Crippen LogP contribution in [0.1, 0.15) is 39.1 Å². The Balaban J connectivity index is 1.42. The molecule has 2 heterocycles. The Labute approximate surface area is 184 Å². The van der Waals surface area contributed by atoms with Crippen molar-refractivity contribution < 1.29 is 17.6 Å². The number of carbonyl (C=O) groups excluding carboxylic acids is 1. The number of anilines is 1. The van der Waals surface area contributed by atoms with E-state index >= 15 is 0 Å². The van der Waals surface area contributed by atoms with E-state index in [0.29, 0.717) is 23.8 Å². The summed E-state index contributed by atoms with van der Waals surface area (Å²) >= 11 is 1.16. The highest BCUT2D eigenvalue weighted by Gasteiger charge is 2.32. The highest BCUT2D eigenvalue weighted by molar-refractivity contribution is 7.88. The molecule has 1 aromatic heterocycles. The van der Waals surface area contributed by atoms with Gasteiger partial charge in [-0.3, -0.25) is 4.79 Å². The predicted octanol–water partition coefficient (Wildman–Crippen LogP) is 3.64. The van der Waals surface area contributed by atoms with Gasteiger partial charge in [0.05, 0.1) is 5.75 Å². The van der Waals surface area contributed by atoms with E-state index < -0.39 is 15.9 Å². The third-order valence-corrected chi connectivity index (χ3v) is 7.96. The quantitative estimate of drug-likeness (QED) is 0.606. The van der Waals surface area contributed by atoms with Gasteiger partial charge < -0.3 is 5.32 Å². The van der Waals surface area contributed by atoms with Crippen LogP contribution in [0.3, 0.4) is 0 Å². The molecule has 1 N–H and O–H groups in total. The Bertz CT molecular complexity index is 1150. The van der Waals surface area contributed by atoms with Gasteiger partial charge in [-0.05, 0) is 42.7 Å². The Hall–Kier alpha value is -2.69. The molecular formula is C21H21FN4O3S2. The zero-order chi connectivity index (χ0) is 21.8. The van der Waals surface area contributed by atoms with Crippen molar-refractivity contribution in [1.29, 1.82) is 0 Å². The average Bonchev–Trinajstić information content (AvgIpc) is 3.26. The topological polar surface area (TPSA) is 92.3 Å². The average molecular weight is 461 g/mol. The van der Waals surface area contributed by atoms with Gasteiger partial charge in [-0.1, -0.05) is 41.7 Å². The molecule has 1 atom stereocenters. The van der Waals surface area contributed by atoms with Crippen LogP contribution in [0.5, 0.6) is 0 Å². The summed E-state index contributed by atoms with van der Waals surface area (Å²) < 4.78 is 40.3. The zero-order valence-electron chi connectivity index (χ0n) is 16.6. The molecule has 10 heteroatoms. The van der Waals surface area contributed by atoms with Gasteiger partial charge >= 0.3 is 0 Å². The van der Waals surface area contributed by atoms with E-state index in [1.54, 1.807) is 12.1 Å². The lowest BCUT2D eigenvalue weighted by molar-refractivity contribution is 0.102. The molecule has 1 aliphatic rings. The number of nitrogens with zero attached hydrogens (tertiary/aromatic N) is 3. The fraction of sp³-hybridized carbons (Fsp3) is 0.286. The lowest BCUT2D eigenvalue weighted by Crippen LogP contribution is -2.39. The number of benzene rings is 2. The molecular weight excluding hydrogens is 439 g/mol. The number of aromatic nitrogens is 2. The largest absolute Gasteiger partial charge is 0.320 e. The first-order valence-corrected chi connectivity index (χ1v) is 12.3. The molecule has 0 bridgehead atoms. The van der Waals surface area contributed by atoms with Crippen molar-refractivity contribution in [1.82, 2.24) is 14.5 Å². The van der Waals surface area contributed by atoms with E-state index in [2.05, 4.69) is 15.5 Å². The summed E-state index contributed by atoms with van der Waals surface area (Å²) in [7, 11) is -3.45. The second kappa shape index (κ2) is 9.21. The molecule has 2 aromatic carbocycles. The van der Waals surface area contributed by atoms with Crippen LogP contribution < -0.4 is 5.32 Å². The smallest absolute Gasteiger partial charge is 0.286 e. The van der Waals surface area contributed by atoms with Crippen LogP contribution in [0.15, 0.2) is 54.6 Å². The van der Waals surface area contributed by atoms with Crippen LogP contribution >= 0.6 is 11.3 Å². The van der Waals surface area contributed by atoms with Gasteiger partial charge in [-0.25, -0.2) is 17.1 Å². The number of piperidine rings is 1. The maximum atomic E-state index is 13.0. The van der Waals surface area contributed by atoms with Crippen LogP contribution in [-0.4, -0.2) is 41.9 Å². The monoisotopic (exact) mass is 460 g/mol. The van der Waals surface area contributed by atoms with Gasteiger partial charge in [0.1, 0.15) is 10.8 Å². The minimum absolute atomic E-state index is 0.0397. The van der Waals surface area contributed by atoms with Gasteiger partial charge in [0, 0.05) is 24.7 Å². The van der Waals surface area contributed by atoms with Crippen molar-refractivity contribution in [2.45, 2.75) is 24.5 Å². The Morgan fingerprint density at radius 1 is 1.13 bits per heavy atom. The molecule has 0 unspecified atom stereocenters. The predicted molar refractivity (Wildman–Crippen MR) is 117 cm³/mol. The normalized spacial score (nSPS) is 17.4. The lowest BCUT2D eigenvalue weighted by Gasteiger charge is -2.30. The fourth-order valence-electron chi connectivity index (χ4n) is 3.48. The van der Waals surface area contributed by atoms with E-state index in [0.717, 1.165) is 29.7 Å². The third kappa shape index (κ3) is 5.33. The lowest BCUT2D eigenvalue weighted by atomic mass is 10.0. The summed E-state index contributed by atoms with van der Waals surface area (Å²) in [5.74, 6) is -0.966. The Morgan fingerprint density at radius 2 is 1.87 bits per heavy atom. The van der Waals surface area contributed by atoms with Crippen molar-refractivity contribution in [2.75, 3.05) is 18.4 Å². The molecule has 1 amide bonds. The molecule has 1 aliphatic heterocycles. The second-order valence-corrected chi connectivity index (χ2v) is 10.3. The van der Waals surface area contributed by atoms with Gasteiger partial charge in [-0.2, -0.15) is 0 Å². The minimum atomic E-state index is -3.45. The van der Waals surface area contributed by atoms with Crippen molar-refractivity contribution in [3.63, 3.8) is 0 Å². The van der Waals surface area contributed by atoms with Crippen LogP contribution in [0, 0.1) is 5.82 Å². The zero-order valence-corrected chi connectivity index (χ0v) is 18.2. The molecule has 31 heavy (non-hydrogen) atoms. The van der Waals surface area contributed by atoms with Gasteiger partial charge in [0.2, 0.25) is 15.0 Å². The molecule has 0 saturated carbocycles. The third-order valence-electron chi connectivity index (χ3n) is 5.06. The van der Waals surface area contributed by atoms with Crippen LogP contribution in [-0.2, 0) is 15.8 Å². The first kappa shape index (κ1) is 21.5. The minimum Gasteiger partial charge on any atom is -0.320 e. The summed E-state index contributed by atoms with van der Waals surface area (Å²) in [6.07, 6.45) is 1.50. The number of amides is 1. The molecule has 1 fully saturated rings. The molecule has 162 valence electrons. The summed E-state index contributed by atoms with van der Waals surface area (Å²) in [4.78, 5) is 12.4. The van der Waals surface area contributed by atoms with Gasteiger partial charge in [0.15, 0.2) is 0 Å². The summed E-state index contributed by atoms with van der Waals surface area (Å²) in [5, 5.41) is 11.6. The second-order valence-electron chi connectivity index (χ2n) is 7.35. The molecule has 4 rings (SSSR count). The maximum absolute atomic E-state index is 13.0. The standard InChI is InChI=1S/C21H21FN4O3S2/c22-17-8-10-18(11-9-17)23-19(27)21-25-24-20(30-21)16-7-4-12-26(13-16)31(28,29)14-15-5-2-1-3-6-15/h1-3,5-6,8-11,16H,4,7,12-14H2,(H,23,27)/t16-/m0/s1. The van der Waals surface area contributed by atoms with E-state index in [9.17, 15) is 17.6 Å². The van der Waals surface area contributed by atoms with E-state index in [4.69, 9.17) is 0 Å². The number of rotatable bonds is 6. The highest BCUT2D eigenvalue weighted by atomic mass is 32.2. The van der Waals surface area contributed by atoms with Crippen molar-refractivity contribution in [3.05, 3.63) is 76.0 Å². The first-order chi connectivity index (χ1) is 14.9. The summed E-state index contributed by atoms with van der Waals surface area (Å²) in [6, 6.07) is 14.5. The highest BCUT2D eigenvalue weighted by Crippen LogP contribution is 2.31. The molecule has 1 saturated heterocycles. The number of carbonyl (C=O) groups is 1. The number of hydrogen-bond acceptors (Lipinski definition) is 6. The van der Waals surface area contributed by atoms with Crippen molar-refractivity contribution in [3.8, 4) is 0 Å². The number of hydrogen-bond donors (Lipinski definition) is 1. The summed E-state index contributed by atoms with van der Waals surface area (Å²) in [6.45, 7) is 0.797. The number of nitrogens with one attached hydrogen (secondary N) is 1. The molecule has 0 radical (unpaired) electrons. The van der Waals surface area contributed by atoms with Gasteiger partial charge in [-0.15, -0.1) is 10.2 Å². The molecule has 0 spiro atoms. The van der Waals surface area contributed by atoms with E-state index in [-0.39, 0.29) is 22.5 Å². The van der Waals surface area contributed by atoms with Crippen molar-refractivity contribution in [2.24, 2.45) is 0 Å².